The predicted octanol–water partition coefficient (Wildman–Crippen LogP) is 8.77. The quantitative estimate of drug-likeness (QED) is 0.144. The van der Waals surface area contributed by atoms with Crippen molar-refractivity contribution in [3.05, 3.63) is 199 Å². The Hall–Kier alpha value is -6.08. The molecule has 0 aliphatic rings. The van der Waals surface area contributed by atoms with E-state index in [4.69, 9.17) is 9.97 Å². The van der Waals surface area contributed by atoms with Gasteiger partial charge in [-0.05, 0) is 36.0 Å². The van der Waals surface area contributed by atoms with E-state index in [1.165, 1.54) is 16.6 Å². The van der Waals surface area contributed by atoms with Gasteiger partial charge in [0.2, 0.25) is 0 Å². The number of rotatable bonds is 8. The van der Waals surface area contributed by atoms with Gasteiger partial charge in [0, 0.05) is 20.1 Å². The molecular weight excluding hydrogens is 831 g/mol. The Bertz CT molecular complexity index is 2410. The summed E-state index contributed by atoms with van der Waals surface area (Å²) in [5.74, 6) is 0. The van der Waals surface area contributed by atoms with Crippen LogP contribution >= 0.6 is 0 Å². The van der Waals surface area contributed by atoms with Gasteiger partial charge in [-0.15, -0.1) is 29.7 Å². The Morgan fingerprint density at radius 2 is 0.736 bits per heavy atom. The van der Waals surface area contributed by atoms with Crippen LogP contribution in [0.5, 0.6) is 0 Å². The predicted molar refractivity (Wildman–Crippen MR) is 206 cm³/mol. The molecule has 4 aromatic carbocycles. The summed E-state index contributed by atoms with van der Waals surface area (Å²) in [7, 11) is 0. The maximum atomic E-state index is 4.87. The molecule has 53 heavy (non-hydrogen) atoms. The van der Waals surface area contributed by atoms with Crippen molar-refractivity contribution in [3.8, 4) is 0 Å². The molecular formula is C45H33IrN7-4. The van der Waals surface area contributed by atoms with Crippen LogP contribution in [0.3, 0.4) is 0 Å². The van der Waals surface area contributed by atoms with Crippen LogP contribution in [0.4, 0.5) is 0 Å². The molecule has 0 bridgehead atoms. The zero-order valence-corrected chi connectivity index (χ0v) is 31.1. The molecule has 0 saturated heterocycles. The van der Waals surface area contributed by atoms with Gasteiger partial charge in [-0.3, -0.25) is 15.1 Å². The summed E-state index contributed by atoms with van der Waals surface area (Å²) in [5, 5.41) is 8.81. The minimum Gasteiger partial charge on any atom is -0.406 e. The molecule has 8 heteroatoms. The van der Waals surface area contributed by atoms with Crippen LogP contribution in [0, 0.1) is 24.4 Å². The number of para-hydroxylation sites is 4. The first-order valence-corrected chi connectivity index (χ1v) is 17.3. The topological polar surface area (TPSA) is 58.4 Å². The van der Waals surface area contributed by atoms with Gasteiger partial charge in [0.05, 0.1) is 49.0 Å². The second kappa shape index (κ2) is 15.3. The zero-order chi connectivity index (χ0) is 34.7. The summed E-state index contributed by atoms with van der Waals surface area (Å²) in [6.45, 7) is 2.85. The number of pyridine rings is 2. The summed E-state index contributed by atoms with van der Waals surface area (Å²) >= 11 is 0. The van der Waals surface area contributed by atoms with Gasteiger partial charge in [-0.1, -0.05) is 95.8 Å². The van der Waals surface area contributed by atoms with Crippen LogP contribution in [-0.4, -0.2) is 33.4 Å². The number of nitrogens with zero attached hydrogens (tertiary/aromatic N) is 7. The van der Waals surface area contributed by atoms with Crippen molar-refractivity contribution in [2.24, 2.45) is 0 Å². The number of aromatic nitrogens is 7. The summed E-state index contributed by atoms with van der Waals surface area (Å²) in [5.41, 5.74) is 8.74. The standard InChI is InChI=1S/C23H17N3.C22H16N4.Ir/c1-3-10-22-18(6-1)12-14-25(22)16-20-8-5-9-21(24-20)17-26-15-13-19-7-2-4-11-23(19)26;1-3-10-21-17(6-1)12-13-25(21)15-19-8-5-9-20(24-19)16-26-22-11-4-2-7-18(22)14-23-26;/h1-11,14-15H,16-17H2;1-11,13H,15-16H2;/q2*-2;. The second-order valence-electron chi connectivity index (χ2n) is 12.8. The fraction of sp³-hybridized carbons (Fsp3) is 0.0889. The normalized spacial score (nSPS) is 11.2. The molecule has 0 atom stereocenters. The Morgan fingerprint density at radius 1 is 0.377 bits per heavy atom. The summed E-state index contributed by atoms with van der Waals surface area (Å²) in [4.78, 5) is 9.69. The van der Waals surface area contributed by atoms with Gasteiger partial charge in [-0.25, -0.2) is 0 Å². The molecule has 0 aliphatic heterocycles. The Morgan fingerprint density at radius 3 is 1.17 bits per heavy atom. The van der Waals surface area contributed by atoms with E-state index in [1.54, 1.807) is 0 Å². The van der Waals surface area contributed by atoms with E-state index in [0.29, 0.717) is 6.54 Å². The van der Waals surface area contributed by atoms with Crippen LogP contribution < -0.4 is 0 Å². The van der Waals surface area contributed by atoms with Crippen molar-refractivity contribution in [2.45, 2.75) is 26.2 Å². The van der Waals surface area contributed by atoms with Gasteiger partial charge in [0.1, 0.15) is 0 Å². The molecule has 0 aliphatic carbocycles. The van der Waals surface area contributed by atoms with Gasteiger partial charge in [0.15, 0.2) is 0 Å². The van der Waals surface area contributed by atoms with Gasteiger partial charge < -0.3 is 18.4 Å². The second-order valence-corrected chi connectivity index (χ2v) is 12.8. The van der Waals surface area contributed by atoms with Gasteiger partial charge in [-0.2, -0.15) is 58.6 Å². The van der Waals surface area contributed by atoms with E-state index in [1.807, 2.05) is 65.7 Å². The zero-order valence-electron chi connectivity index (χ0n) is 28.7. The Balaban J connectivity index is 0.000000148. The van der Waals surface area contributed by atoms with Crippen LogP contribution in [-0.2, 0) is 46.3 Å². The smallest absolute Gasteiger partial charge is 0.0696 e. The van der Waals surface area contributed by atoms with E-state index in [9.17, 15) is 0 Å². The van der Waals surface area contributed by atoms with E-state index >= 15 is 0 Å². The van der Waals surface area contributed by atoms with Crippen molar-refractivity contribution in [1.82, 2.24) is 33.4 Å². The first-order chi connectivity index (χ1) is 25.7. The average Bonchev–Trinajstić information content (AvgIpc) is 3.99. The monoisotopic (exact) mass is 864 g/mol. The van der Waals surface area contributed by atoms with Gasteiger partial charge in [0.25, 0.3) is 0 Å². The Labute approximate surface area is 321 Å². The number of fused-ring (bicyclic) bond motifs is 4. The third-order valence-corrected chi connectivity index (χ3v) is 9.28. The molecule has 6 aromatic heterocycles. The molecule has 0 saturated carbocycles. The molecule has 0 unspecified atom stereocenters. The van der Waals surface area contributed by atoms with E-state index in [0.717, 1.165) is 69.5 Å². The molecule has 6 heterocycles. The molecule has 261 valence electrons. The first kappa shape index (κ1) is 34.0. The molecule has 10 rings (SSSR count). The first-order valence-electron chi connectivity index (χ1n) is 17.3. The third-order valence-electron chi connectivity index (χ3n) is 9.28. The van der Waals surface area contributed by atoms with Crippen molar-refractivity contribution in [2.75, 3.05) is 0 Å². The van der Waals surface area contributed by atoms with Crippen LogP contribution in [0.2, 0.25) is 0 Å². The van der Waals surface area contributed by atoms with Crippen LogP contribution in [0.1, 0.15) is 22.8 Å². The number of hydrogen-bond donors (Lipinski definition) is 0. The molecule has 7 nitrogen and oxygen atoms in total. The van der Waals surface area contributed by atoms with Crippen molar-refractivity contribution < 1.29 is 20.1 Å². The van der Waals surface area contributed by atoms with Crippen molar-refractivity contribution >= 4 is 43.6 Å². The fourth-order valence-corrected chi connectivity index (χ4v) is 6.75. The van der Waals surface area contributed by atoms with Crippen molar-refractivity contribution in [3.63, 3.8) is 0 Å². The molecule has 0 N–H and O–H groups in total. The van der Waals surface area contributed by atoms with Gasteiger partial charge >= 0.3 is 0 Å². The summed E-state index contributed by atoms with van der Waals surface area (Å²) < 4.78 is 8.51. The van der Waals surface area contributed by atoms with Crippen LogP contribution in [0.15, 0.2) is 152 Å². The SMILES string of the molecule is [Ir].[c-]1cn(Cc2cccc(Cn3c[c-]c4ccccc43)n2)c2ccccc12.[c-]1cn(Cc2cccc(Cn3n[c-]c4ccccc43)n2)c2ccccc12. The maximum absolute atomic E-state index is 4.87. The Kier molecular flexibility index (Phi) is 9.80. The van der Waals surface area contributed by atoms with E-state index in [-0.39, 0.29) is 20.1 Å². The van der Waals surface area contributed by atoms with Crippen molar-refractivity contribution in [1.29, 1.82) is 0 Å². The molecule has 0 amide bonds. The number of hydrogen-bond acceptors (Lipinski definition) is 3. The molecule has 10 aromatic rings. The third kappa shape index (κ3) is 7.33. The van der Waals surface area contributed by atoms with E-state index < -0.39 is 0 Å². The number of benzene rings is 4. The molecule has 0 spiro atoms. The average molecular weight is 864 g/mol. The minimum atomic E-state index is 0. The summed E-state index contributed by atoms with van der Waals surface area (Å²) in [6.07, 6.45) is 9.07. The molecule has 1 radical (unpaired) electrons. The minimum absolute atomic E-state index is 0. The van der Waals surface area contributed by atoms with Crippen LogP contribution in [0.25, 0.3) is 43.6 Å². The largest absolute Gasteiger partial charge is 0.406 e. The maximum Gasteiger partial charge on any atom is 0.0696 e. The fourth-order valence-electron chi connectivity index (χ4n) is 6.75. The molecule has 0 fully saturated rings. The summed E-state index contributed by atoms with van der Waals surface area (Å²) in [6, 6.07) is 55.3. The van der Waals surface area contributed by atoms with E-state index in [2.05, 4.69) is 134 Å².